The van der Waals surface area contributed by atoms with Gasteiger partial charge in [0.05, 0.1) is 0 Å². The lowest BCUT2D eigenvalue weighted by atomic mass is 10.1. The number of rotatable bonds is 2. The van der Waals surface area contributed by atoms with E-state index in [9.17, 15) is 4.79 Å². The highest BCUT2D eigenvalue weighted by atomic mass is 16.2. The summed E-state index contributed by atoms with van der Waals surface area (Å²) in [5, 5.41) is 2.86. The summed E-state index contributed by atoms with van der Waals surface area (Å²) >= 11 is 0. The first-order valence-electron chi connectivity index (χ1n) is 4.35. The van der Waals surface area contributed by atoms with Crippen LogP contribution in [-0.2, 0) is 4.79 Å². The zero-order valence-electron chi connectivity index (χ0n) is 7.85. The van der Waals surface area contributed by atoms with Gasteiger partial charge in [0, 0.05) is 11.6 Å². The van der Waals surface area contributed by atoms with Crippen LogP contribution in [0, 0.1) is 0 Å². The van der Waals surface area contributed by atoms with Gasteiger partial charge < -0.3 is 5.32 Å². The molecule has 0 bridgehead atoms. The van der Waals surface area contributed by atoms with Crippen LogP contribution < -0.4 is 5.32 Å². The Morgan fingerprint density at radius 2 is 2.25 bits per heavy atom. The first kappa shape index (κ1) is 9.04. The lowest BCUT2D eigenvalue weighted by Crippen LogP contribution is -2.25. The smallest absolute Gasteiger partial charge is 0.251 e. The normalized spacial score (nSPS) is 23.9. The summed E-state index contributed by atoms with van der Waals surface area (Å²) in [5.41, 5.74) is 1.98. The van der Waals surface area contributed by atoms with Crippen LogP contribution >= 0.6 is 0 Å². The van der Waals surface area contributed by atoms with E-state index in [4.69, 9.17) is 0 Å². The Morgan fingerprint density at radius 3 is 2.67 bits per heavy atom. The molecule has 2 heteroatoms. The van der Waals surface area contributed by atoms with Gasteiger partial charge in [-0.15, -0.1) is 0 Å². The maximum absolute atomic E-state index is 11.3. The highest BCUT2D eigenvalue weighted by Gasteiger charge is 2.22. The van der Waals surface area contributed by atoms with Crippen LogP contribution in [0.5, 0.6) is 0 Å². The molecule has 0 fully saturated rings. The van der Waals surface area contributed by atoms with E-state index in [1.165, 1.54) is 0 Å². The SMILES string of the molecule is CC/C=C\C1=C(C)C(C)NC1=O. The van der Waals surface area contributed by atoms with E-state index in [-0.39, 0.29) is 11.9 Å². The molecule has 2 nitrogen and oxygen atoms in total. The van der Waals surface area contributed by atoms with Gasteiger partial charge in [0.1, 0.15) is 0 Å². The van der Waals surface area contributed by atoms with Crippen LogP contribution in [0.1, 0.15) is 27.2 Å². The summed E-state index contributed by atoms with van der Waals surface area (Å²) in [7, 11) is 0. The standard InChI is InChI=1S/C10H15NO/c1-4-5-6-9-7(2)8(3)11-10(9)12/h5-6,8H,4H2,1-3H3,(H,11,12)/b6-5-. The molecule has 0 aromatic rings. The van der Waals surface area contributed by atoms with Crippen LogP contribution in [0.3, 0.4) is 0 Å². The Bertz CT molecular complexity index is 251. The highest BCUT2D eigenvalue weighted by Crippen LogP contribution is 2.17. The van der Waals surface area contributed by atoms with Gasteiger partial charge in [-0.3, -0.25) is 4.79 Å². The predicted octanol–water partition coefficient (Wildman–Crippen LogP) is 1.79. The first-order chi connectivity index (χ1) is 5.66. The van der Waals surface area contributed by atoms with Gasteiger partial charge in [-0.25, -0.2) is 0 Å². The maximum atomic E-state index is 11.3. The maximum Gasteiger partial charge on any atom is 0.251 e. The fourth-order valence-corrected chi connectivity index (χ4v) is 1.24. The summed E-state index contributed by atoms with van der Waals surface area (Å²) in [6, 6.07) is 0.203. The topological polar surface area (TPSA) is 29.1 Å². The van der Waals surface area contributed by atoms with Gasteiger partial charge in [0.25, 0.3) is 5.91 Å². The number of hydrogen-bond acceptors (Lipinski definition) is 1. The molecule has 0 spiro atoms. The molecule has 0 aromatic heterocycles. The van der Waals surface area contributed by atoms with Crippen molar-refractivity contribution in [2.75, 3.05) is 0 Å². The lowest BCUT2D eigenvalue weighted by Gasteiger charge is -2.01. The predicted molar refractivity (Wildman–Crippen MR) is 49.7 cm³/mol. The van der Waals surface area contributed by atoms with E-state index >= 15 is 0 Å². The van der Waals surface area contributed by atoms with Crippen molar-refractivity contribution in [2.45, 2.75) is 33.2 Å². The Labute approximate surface area is 73.4 Å². The molecule has 1 heterocycles. The molecule has 1 aliphatic heterocycles. The van der Waals surface area contributed by atoms with Crippen molar-refractivity contribution in [3.8, 4) is 0 Å². The Morgan fingerprint density at radius 1 is 1.58 bits per heavy atom. The molecule has 1 rings (SSSR count). The first-order valence-corrected chi connectivity index (χ1v) is 4.35. The Balaban J connectivity index is 2.85. The summed E-state index contributed by atoms with van der Waals surface area (Å²) in [6.07, 6.45) is 4.89. The fraction of sp³-hybridized carbons (Fsp3) is 0.500. The summed E-state index contributed by atoms with van der Waals surface area (Å²) in [5.74, 6) is 0.0599. The van der Waals surface area contributed by atoms with Crippen LogP contribution in [0.2, 0.25) is 0 Å². The van der Waals surface area contributed by atoms with Gasteiger partial charge in [0.2, 0.25) is 0 Å². The second-order valence-electron chi connectivity index (χ2n) is 3.10. The fourth-order valence-electron chi connectivity index (χ4n) is 1.24. The van der Waals surface area contributed by atoms with E-state index < -0.39 is 0 Å². The number of nitrogens with one attached hydrogen (secondary N) is 1. The molecule has 12 heavy (non-hydrogen) atoms. The van der Waals surface area contributed by atoms with E-state index in [2.05, 4.69) is 12.2 Å². The molecule has 1 amide bonds. The third-order valence-electron chi connectivity index (χ3n) is 2.19. The van der Waals surface area contributed by atoms with Crippen molar-refractivity contribution in [1.29, 1.82) is 0 Å². The van der Waals surface area contributed by atoms with Crippen molar-refractivity contribution < 1.29 is 4.79 Å². The van der Waals surface area contributed by atoms with Crippen molar-refractivity contribution in [1.82, 2.24) is 5.32 Å². The van der Waals surface area contributed by atoms with Gasteiger partial charge in [-0.2, -0.15) is 0 Å². The highest BCUT2D eigenvalue weighted by molar-refractivity contribution is 6.00. The summed E-state index contributed by atoms with van der Waals surface area (Å²) in [4.78, 5) is 11.3. The van der Waals surface area contributed by atoms with Crippen molar-refractivity contribution in [2.24, 2.45) is 0 Å². The number of carbonyl (C=O) groups excluding carboxylic acids is 1. The second-order valence-corrected chi connectivity index (χ2v) is 3.10. The van der Waals surface area contributed by atoms with Gasteiger partial charge in [-0.1, -0.05) is 19.1 Å². The molecule has 1 unspecified atom stereocenters. The third kappa shape index (κ3) is 1.58. The molecule has 66 valence electrons. The molecule has 1 N–H and O–H groups in total. The van der Waals surface area contributed by atoms with E-state index in [1.807, 2.05) is 26.0 Å². The molecule has 0 saturated carbocycles. The molecular weight excluding hydrogens is 150 g/mol. The Kier molecular flexibility index (Phi) is 2.69. The summed E-state index contributed by atoms with van der Waals surface area (Å²) in [6.45, 7) is 6.06. The average molecular weight is 165 g/mol. The van der Waals surface area contributed by atoms with Gasteiger partial charge in [0.15, 0.2) is 0 Å². The Hall–Kier alpha value is -1.05. The second kappa shape index (κ2) is 3.57. The molecule has 0 saturated heterocycles. The molecule has 0 aromatic carbocycles. The number of hydrogen-bond donors (Lipinski definition) is 1. The quantitative estimate of drug-likeness (QED) is 0.664. The minimum atomic E-state index is 0.0599. The summed E-state index contributed by atoms with van der Waals surface area (Å²) < 4.78 is 0. The van der Waals surface area contributed by atoms with E-state index in [1.54, 1.807) is 0 Å². The minimum Gasteiger partial charge on any atom is -0.346 e. The van der Waals surface area contributed by atoms with Crippen LogP contribution in [0.25, 0.3) is 0 Å². The molecule has 0 radical (unpaired) electrons. The van der Waals surface area contributed by atoms with Crippen molar-refractivity contribution in [3.05, 3.63) is 23.3 Å². The van der Waals surface area contributed by atoms with E-state index in [0.717, 1.165) is 17.6 Å². The number of amides is 1. The van der Waals surface area contributed by atoms with Crippen LogP contribution in [0.15, 0.2) is 23.3 Å². The molecular formula is C10H15NO. The lowest BCUT2D eigenvalue weighted by molar-refractivity contribution is -0.116. The number of carbonyl (C=O) groups is 1. The third-order valence-corrected chi connectivity index (χ3v) is 2.19. The molecule has 0 aliphatic carbocycles. The monoisotopic (exact) mass is 165 g/mol. The largest absolute Gasteiger partial charge is 0.346 e. The van der Waals surface area contributed by atoms with Crippen LogP contribution in [-0.4, -0.2) is 11.9 Å². The zero-order valence-corrected chi connectivity index (χ0v) is 7.85. The molecule has 1 atom stereocenters. The zero-order chi connectivity index (χ0) is 9.14. The average Bonchev–Trinajstić information content (AvgIpc) is 2.25. The van der Waals surface area contributed by atoms with E-state index in [0.29, 0.717) is 0 Å². The van der Waals surface area contributed by atoms with Crippen molar-refractivity contribution in [3.63, 3.8) is 0 Å². The van der Waals surface area contributed by atoms with Crippen molar-refractivity contribution >= 4 is 5.91 Å². The van der Waals surface area contributed by atoms with Gasteiger partial charge in [-0.05, 0) is 25.8 Å². The van der Waals surface area contributed by atoms with Crippen LogP contribution in [0.4, 0.5) is 0 Å². The van der Waals surface area contributed by atoms with Gasteiger partial charge >= 0.3 is 0 Å². The number of allylic oxidation sites excluding steroid dienone is 1. The minimum absolute atomic E-state index is 0.0599. The molecule has 1 aliphatic rings.